The first-order valence-electron chi connectivity index (χ1n) is 9.52. The van der Waals surface area contributed by atoms with Crippen LogP contribution >= 0.6 is 0 Å². The molecule has 1 aromatic rings. The minimum absolute atomic E-state index is 0.0566. The largest absolute Gasteiger partial charge is 0.416 e. The van der Waals surface area contributed by atoms with E-state index in [0.717, 1.165) is 30.4 Å². The van der Waals surface area contributed by atoms with Gasteiger partial charge in [-0.2, -0.15) is 0 Å². The maximum Gasteiger partial charge on any atom is 0.416 e. The molecular formula is C19H23N3O5. The second-order valence-electron chi connectivity index (χ2n) is 7.94. The molecule has 1 spiro atoms. The van der Waals surface area contributed by atoms with Gasteiger partial charge in [-0.05, 0) is 37.8 Å². The Kier molecular flexibility index (Phi) is 3.87. The lowest BCUT2D eigenvalue weighted by Crippen LogP contribution is -2.72. The van der Waals surface area contributed by atoms with Crippen LogP contribution in [-0.2, 0) is 14.3 Å². The minimum Gasteiger partial charge on any atom is -0.391 e. The van der Waals surface area contributed by atoms with E-state index in [2.05, 4.69) is 10.3 Å². The molecule has 4 heterocycles. The van der Waals surface area contributed by atoms with E-state index in [1.54, 1.807) is 11.1 Å². The third-order valence-electron chi connectivity index (χ3n) is 6.18. The number of piperidine rings is 1. The first kappa shape index (κ1) is 16.9. The molecular weight excluding hydrogens is 350 g/mol. The lowest BCUT2D eigenvalue weighted by atomic mass is 9.81. The average molecular weight is 373 g/mol. The third kappa shape index (κ3) is 2.78. The van der Waals surface area contributed by atoms with Crippen LogP contribution in [0.25, 0.3) is 0 Å². The van der Waals surface area contributed by atoms with Crippen LogP contribution in [0.4, 0.5) is 4.79 Å². The zero-order valence-electron chi connectivity index (χ0n) is 15.3. The van der Waals surface area contributed by atoms with Crippen LogP contribution < -0.4 is 10.1 Å². The molecule has 27 heavy (non-hydrogen) atoms. The molecule has 144 valence electrons. The molecule has 1 unspecified atom stereocenters. The molecule has 3 aliphatic heterocycles. The van der Waals surface area contributed by atoms with Crippen molar-refractivity contribution in [3.05, 3.63) is 23.4 Å². The van der Waals surface area contributed by atoms with Gasteiger partial charge in [-0.1, -0.05) is 0 Å². The summed E-state index contributed by atoms with van der Waals surface area (Å²) < 4.78 is 17.5. The van der Waals surface area contributed by atoms with E-state index in [4.69, 9.17) is 14.2 Å². The van der Waals surface area contributed by atoms with Gasteiger partial charge in [-0.3, -0.25) is 4.79 Å². The number of nitrogens with one attached hydrogen (secondary N) is 1. The van der Waals surface area contributed by atoms with Crippen molar-refractivity contribution in [1.82, 2.24) is 15.2 Å². The van der Waals surface area contributed by atoms with Gasteiger partial charge in [0.05, 0.1) is 30.9 Å². The molecule has 0 aromatic carbocycles. The summed E-state index contributed by atoms with van der Waals surface area (Å²) in [5.41, 5.74) is 1.40. The maximum absolute atomic E-state index is 13.0. The predicted octanol–water partition coefficient (Wildman–Crippen LogP) is 1.12. The van der Waals surface area contributed by atoms with Crippen molar-refractivity contribution in [3.8, 4) is 5.88 Å². The van der Waals surface area contributed by atoms with Gasteiger partial charge in [0.15, 0.2) is 0 Å². The van der Waals surface area contributed by atoms with Gasteiger partial charge in [-0.15, -0.1) is 0 Å². The number of morpholine rings is 1. The summed E-state index contributed by atoms with van der Waals surface area (Å²) in [7, 11) is 0. The van der Waals surface area contributed by atoms with Gasteiger partial charge in [-0.25, -0.2) is 9.78 Å². The van der Waals surface area contributed by atoms with Crippen molar-refractivity contribution in [2.75, 3.05) is 26.4 Å². The molecule has 1 aromatic heterocycles. The van der Waals surface area contributed by atoms with Gasteiger partial charge in [0.25, 0.3) is 0 Å². The Morgan fingerprint density at radius 2 is 2.26 bits per heavy atom. The van der Waals surface area contributed by atoms with Gasteiger partial charge in [0, 0.05) is 24.2 Å². The second kappa shape index (κ2) is 6.17. The van der Waals surface area contributed by atoms with Crippen LogP contribution in [0.1, 0.15) is 36.3 Å². The zero-order valence-corrected chi connectivity index (χ0v) is 15.3. The van der Waals surface area contributed by atoms with Crippen molar-refractivity contribution in [2.24, 2.45) is 0 Å². The zero-order chi connectivity index (χ0) is 18.6. The maximum atomic E-state index is 13.0. The molecule has 8 heteroatoms. The molecule has 3 fully saturated rings. The van der Waals surface area contributed by atoms with Crippen LogP contribution in [-0.4, -0.2) is 65.9 Å². The minimum atomic E-state index is -0.626. The van der Waals surface area contributed by atoms with Crippen molar-refractivity contribution in [2.45, 2.75) is 49.8 Å². The molecule has 2 amide bonds. The molecule has 4 atom stereocenters. The summed E-state index contributed by atoms with van der Waals surface area (Å²) in [5, 5.41) is 3.08. The molecule has 8 nitrogen and oxygen atoms in total. The fourth-order valence-electron chi connectivity index (χ4n) is 4.74. The molecule has 1 aliphatic carbocycles. The van der Waals surface area contributed by atoms with Gasteiger partial charge < -0.3 is 24.4 Å². The Balaban J connectivity index is 1.51. The monoisotopic (exact) mass is 373 g/mol. The van der Waals surface area contributed by atoms with E-state index in [0.29, 0.717) is 25.6 Å². The number of ether oxygens (including phenoxy) is 3. The Bertz CT molecular complexity index is 796. The SMILES string of the molecule is Cc1ccnc2c1C1C[C@H]1OC[C@H]1N(CCC[C@]13COCC(=O)N3)C(=O)O2. The van der Waals surface area contributed by atoms with Crippen LogP contribution in [0.15, 0.2) is 12.3 Å². The van der Waals surface area contributed by atoms with E-state index >= 15 is 0 Å². The van der Waals surface area contributed by atoms with Crippen molar-refractivity contribution >= 4 is 12.0 Å². The van der Waals surface area contributed by atoms with Crippen molar-refractivity contribution in [3.63, 3.8) is 0 Å². The summed E-state index contributed by atoms with van der Waals surface area (Å²) >= 11 is 0. The standard InChI is InChI=1S/C19H23N3O5/c1-11-3-5-20-17-16(11)12-7-13(12)26-8-14-19(10-25-9-15(23)21-19)4-2-6-22(14)18(24)27-17/h3,5,12-14H,2,4,6-10H2,1H3,(H,21,23)/t12?,13-,14-,19+/m1/s1. The van der Waals surface area contributed by atoms with Crippen molar-refractivity contribution < 1.29 is 23.8 Å². The highest BCUT2D eigenvalue weighted by Crippen LogP contribution is 2.48. The molecule has 1 N–H and O–H groups in total. The summed E-state index contributed by atoms with van der Waals surface area (Å²) in [6, 6.07) is 1.61. The number of aromatic nitrogens is 1. The summed E-state index contributed by atoms with van der Waals surface area (Å²) in [4.78, 5) is 31.0. The number of hydrogen-bond acceptors (Lipinski definition) is 6. The number of hydrogen-bond donors (Lipinski definition) is 1. The smallest absolute Gasteiger partial charge is 0.391 e. The average Bonchev–Trinajstić information content (AvgIpc) is 3.39. The van der Waals surface area contributed by atoms with Gasteiger partial charge in [0.1, 0.15) is 6.61 Å². The molecule has 1 saturated carbocycles. The van der Waals surface area contributed by atoms with E-state index in [-0.39, 0.29) is 30.6 Å². The third-order valence-corrected chi connectivity index (χ3v) is 6.18. The lowest BCUT2D eigenvalue weighted by Gasteiger charge is -2.50. The number of amides is 2. The van der Waals surface area contributed by atoms with Crippen molar-refractivity contribution in [1.29, 1.82) is 0 Å². The highest BCUT2D eigenvalue weighted by atomic mass is 16.6. The highest BCUT2D eigenvalue weighted by Gasteiger charge is 2.52. The highest BCUT2D eigenvalue weighted by molar-refractivity contribution is 5.79. The molecule has 5 rings (SSSR count). The number of rotatable bonds is 0. The first-order chi connectivity index (χ1) is 13.1. The number of carbonyl (C=O) groups excluding carboxylic acids is 2. The summed E-state index contributed by atoms with van der Waals surface area (Å²) in [6.45, 7) is 3.34. The lowest BCUT2D eigenvalue weighted by molar-refractivity contribution is -0.142. The quantitative estimate of drug-likeness (QED) is 0.733. The van der Waals surface area contributed by atoms with E-state index < -0.39 is 11.6 Å². The number of fused-ring (bicyclic) bond motifs is 5. The van der Waals surface area contributed by atoms with Crippen LogP contribution in [0.5, 0.6) is 5.88 Å². The number of aryl methyl sites for hydroxylation is 1. The van der Waals surface area contributed by atoms with Crippen LogP contribution in [0.2, 0.25) is 0 Å². The van der Waals surface area contributed by atoms with E-state index in [9.17, 15) is 9.59 Å². The van der Waals surface area contributed by atoms with Crippen LogP contribution in [0.3, 0.4) is 0 Å². The van der Waals surface area contributed by atoms with E-state index in [1.165, 1.54) is 0 Å². The number of nitrogens with zero attached hydrogens (tertiary/aromatic N) is 2. The Labute approximate surface area is 157 Å². The molecule has 0 radical (unpaired) electrons. The number of carbonyl (C=O) groups is 2. The first-order valence-corrected chi connectivity index (χ1v) is 9.52. The molecule has 0 bridgehead atoms. The Morgan fingerprint density at radius 3 is 3.11 bits per heavy atom. The van der Waals surface area contributed by atoms with Gasteiger partial charge in [0.2, 0.25) is 11.8 Å². The topological polar surface area (TPSA) is 90.0 Å². The fourth-order valence-corrected chi connectivity index (χ4v) is 4.74. The Hall–Kier alpha value is -2.19. The normalized spacial score (nSPS) is 35.4. The number of pyridine rings is 1. The summed E-state index contributed by atoms with van der Waals surface area (Å²) in [6.07, 6.45) is 3.70. The molecule has 4 aliphatic rings. The second-order valence-corrected chi connectivity index (χ2v) is 7.94. The van der Waals surface area contributed by atoms with Gasteiger partial charge >= 0.3 is 6.09 Å². The fraction of sp³-hybridized carbons (Fsp3) is 0.632. The van der Waals surface area contributed by atoms with E-state index in [1.807, 2.05) is 13.0 Å². The van der Waals surface area contributed by atoms with Crippen LogP contribution in [0, 0.1) is 6.92 Å². The summed E-state index contributed by atoms with van der Waals surface area (Å²) in [5.74, 6) is 0.422. The molecule has 2 saturated heterocycles. The predicted molar refractivity (Wildman–Crippen MR) is 93.5 cm³/mol. The Morgan fingerprint density at radius 1 is 1.37 bits per heavy atom.